The lowest BCUT2D eigenvalue weighted by Gasteiger charge is -2.24. The first-order valence-electron chi connectivity index (χ1n) is 9.44. The third-order valence-corrected chi connectivity index (χ3v) is 4.42. The number of aromatic amines is 1. The van der Waals surface area contributed by atoms with E-state index in [1.165, 1.54) is 0 Å². The van der Waals surface area contributed by atoms with Gasteiger partial charge in [-0.05, 0) is 32.4 Å². The highest BCUT2D eigenvalue weighted by Crippen LogP contribution is 2.32. The molecule has 6 nitrogen and oxygen atoms in total. The zero-order chi connectivity index (χ0) is 19.2. The number of H-pyrrole nitrogens is 1. The van der Waals surface area contributed by atoms with Gasteiger partial charge in [0.2, 0.25) is 0 Å². The van der Waals surface area contributed by atoms with E-state index in [0.717, 1.165) is 47.6 Å². The number of hydrogen-bond acceptors (Lipinski definition) is 4. The van der Waals surface area contributed by atoms with Crippen molar-refractivity contribution < 1.29 is 9.53 Å². The van der Waals surface area contributed by atoms with Gasteiger partial charge in [-0.3, -0.25) is 5.32 Å². The van der Waals surface area contributed by atoms with E-state index in [1.54, 1.807) is 0 Å². The van der Waals surface area contributed by atoms with Gasteiger partial charge in [0.25, 0.3) is 0 Å². The first-order valence-corrected chi connectivity index (χ1v) is 9.44. The standard InChI is InChI=1S/C21H26N4O2/c1-4-12-27-21(26)24-18-13-16-17(14-19(18)25(5-2)6-3)23-20(22-16)15-10-8-7-9-11-15/h7-11,13-14H,4-6,12H2,1-3H3,(H,22,23)(H,24,26). The Labute approximate surface area is 159 Å². The summed E-state index contributed by atoms with van der Waals surface area (Å²) in [5.74, 6) is 0.807. The number of aromatic nitrogens is 2. The first kappa shape index (κ1) is 18.8. The van der Waals surface area contributed by atoms with Gasteiger partial charge in [0.15, 0.2) is 0 Å². The quantitative estimate of drug-likeness (QED) is 0.615. The summed E-state index contributed by atoms with van der Waals surface area (Å²) in [5, 5.41) is 2.88. The Morgan fingerprint density at radius 3 is 2.56 bits per heavy atom. The number of anilines is 2. The van der Waals surface area contributed by atoms with Crippen molar-refractivity contribution in [2.24, 2.45) is 0 Å². The molecule has 0 aliphatic carbocycles. The lowest BCUT2D eigenvalue weighted by atomic mass is 10.2. The second kappa shape index (κ2) is 8.58. The summed E-state index contributed by atoms with van der Waals surface area (Å²) in [7, 11) is 0. The lowest BCUT2D eigenvalue weighted by Crippen LogP contribution is -2.24. The van der Waals surface area contributed by atoms with Crippen LogP contribution in [0.4, 0.5) is 16.2 Å². The van der Waals surface area contributed by atoms with Crippen LogP contribution in [-0.4, -0.2) is 35.8 Å². The summed E-state index contributed by atoms with van der Waals surface area (Å²) >= 11 is 0. The molecule has 0 atom stereocenters. The van der Waals surface area contributed by atoms with Gasteiger partial charge in [0, 0.05) is 18.7 Å². The molecule has 142 valence electrons. The number of nitrogens with one attached hydrogen (secondary N) is 2. The Balaban J connectivity index is 2.02. The van der Waals surface area contributed by atoms with E-state index in [2.05, 4.69) is 29.0 Å². The monoisotopic (exact) mass is 366 g/mol. The average Bonchev–Trinajstić information content (AvgIpc) is 3.11. The van der Waals surface area contributed by atoms with Crippen LogP contribution >= 0.6 is 0 Å². The van der Waals surface area contributed by atoms with Crippen LogP contribution in [-0.2, 0) is 4.74 Å². The van der Waals surface area contributed by atoms with Crippen molar-refractivity contribution >= 4 is 28.5 Å². The SMILES string of the molecule is CCCOC(=O)Nc1cc2nc(-c3ccccc3)[nH]c2cc1N(CC)CC. The van der Waals surface area contributed by atoms with Crippen LogP contribution < -0.4 is 10.2 Å². The van der Waals surface area contributed by atoms with Gasteiger partial charge in [0.05, 0.1) is 29.0 Å². The lowest BCUT2D eigenvalue weighted by molar-refractivity contribution is 0.161. The number of carbonyl (C=O) groups is 1. The molecule has 1 amide bonds. The molecule has 2 aromatic carbocycles. The van der Waals surface area contributed by atoms with Crippen molar-refractivity contribution in [3.8, 4) is 11.4 Å². The number of carbonyl (C=O) groups excluding carboxylic acids is 1. The second-order valence-corrected chi connectivity index (χ2v) is 6.27. The van der Waals surface area contributed by atoms with Crippen molar-refractivity contribution in [2.45, 2.75) is 27.2 Å². The van der Waals surface area contributed by atoms with Crippen LogP contribution in [0.5, 0.6) is 0 Å². The number of benzene rings is 2. The fourth-order valence-corrected chi connectivity index (χ4v) is 3.04. The Kier molecular flexibility index (Phi) is 5.96. The molecule has 3 rings (SSSR count). The summed E-state index contributed by atoms with van der Waals surface area (Å²) in [6.45, 7) is 8.22. The minimum atomic E-state index is -0.441. The third-order valence-electron chi connectivity index (χ3n) is 4.42. The number of nitrogens with zero attached hydrogens (tertiary/aromatic N) is 2. The van der Waals surface area contributed by atoms with Gasteiger partial charge >= 0.3 is 6.09 Å². The fraction of sp³-hybridized carbons (Fsp3) is 0.333. The second-order valence-electron chi connectivity index (χ2n) is 6.27. The number of hydrogen-bond donors (Lipinski definition) is 2. The number of ether oxygens (including phenoxy) is 1. The Hall–Kier alpha value is -3.02. The van der Waals surface area contributed by atoms with E-state index in [1.807, 2.05) is 49.4 Å². The predicted octanol–water partition coefficient (Wildman–Crippen LogP) is 5.03. The zero-order valence-electron chi connectivity index (χ0n) is 16.1. The number of rotatable bonds is 7. The molecule has 0 spiro atoms. The number of fused-ring (bicyclic) bond motifs is 1. The van der Waals surface area contributed by atoms with Gasteiger partial charge in [-0.2, -0.15) is 0 Å². The maximum Gasteiger partial charge on any atom is 0.411 e. The molecule has 0 fully saturated rings. The predicted molar refractivity (Wildman–Crippen MR) is 110 cm³/mol. The Bertz CT molecular complexity index is 901. The molecule has 0 bridgehead atoms. The largest absolute Gasteiger partial charge is 0.449 e. The minimum Gasteiger partial charge on any atom is -0.449 e. The number of imidazole rings is 1. The van der Waals surface area contributed by atoms with Crippen LogP contribution in [0.3, 0.4) is 0 Å². The van der Waals surface area contributed by atoms with Crippen molar-refractivity contribution in [3.63, 3.8) is 0 Å². The average molecular weight is 366 g/mol. The molecule has 0 aliphatic rings. The first-order chi connectivity index (χ1) is 13.2. The van der Waals surface area contributed by atoms with Crippen molar-refractivity contribution in [2.75, 3.05) is 29.9 Å². The van der Waals surface area contributed by atoms with Crippen LogP contribution in [0.15, 0.2) is 42.5 Å². The fourth-order valence-electron chi connectivity index (χ4n) is 3.04. The maximum absolute atomic E-state index is 12.1. The van der Waals surface area contributed by atoms with E-state index in [4.69, 9.17) is 9.72 Å². The molecule has 0 radical (unpaired) electrons. The van der Waals surface area contributed by atoms with Crippen LogP contribution in [0.2, 0.25) is 0 Å². The third kappa shape index (κ3) is 4.22. The molecule has 3 aromatic rings. The highest BCUT2D eigenvalue weighted by Gasteiger charge is 2.16. The van der Waals surface area contributed by atoms with Gasteiger partial charge < -0.3 is 14.6 Å². The Morgan fingerprint density at radius 1 is 1.15 bits per heavy atom. The van der Waals surface area contributed by atoms with Crippen LogP contribution in [0.25, 0.3) is 22.4 Å². The van der Waals surface area contributed by atoms with Crippen LogP contribution in [0.1, 0.15) is 27.2 Å². The summed E-state index contributed by atoms with van der Waals surface area (Å²) in [6.07, 6.45) is 0.346. The molecule has 6 heteroatoms. The highest BCUT2D eigenvalue weighted by atomic mass is 16.5. The van der Waals surface area contributed by atoms with Gasteiger partial charge in [-0.25, -0.2) is 9.78 Å². The topological polar surface area (TPSA) is 70.2 Å². The molecule has 0 saturated heterocycles. The summed E-state index contributed by atoms with van der Waals surface area (Å²) in [5.41, 5.74) is 4.41. The van der Waals surface area contributed by atoms with E-state index >= 15 is 0 Å². The summed E-state index contributed by atoms with van der Waals surface area (Å²) < 4.78 is 5.19. The molecular weight excluding hydrogens is 340 g/mol. The van der Waals surface area contributed by atoms with E-state index in [0.29, 0.717) is 12.3 Å². The molecular formula is C21H26N4O2. The normalized spacial score (nSPS) is 10.8. The number of amides is 1. The molecule has 2 N–H and O–H groups in total. The molecule has 0 aliphatic heterocycles. The van der Waals surface area contributed by atoms with Gasteiger partial charge in [0.1, 0.15) is 5.82 Å². The van der Waals surface area contributed by atoms with E-state index in [9.17, 15) is 4.79 Å². The Morgan fingerprint density at radius 2 is 1.89 bits per heavy atom. The van der Waals surface area contributed by atoms with Crippen molar-refractivity contribution in [3.05, 3.63) is 42.5 Å². The molecule has 27 heavy (non-hydrogen) atoms. The van der Waals surface area contributed by atoms with E-state index < -0.39 is 6.09 Å². The maximum atomic E-state index is 12.1. The summed E-state index contributed by atoms with van der Waals surface area (Å²) in [6, 6.07) is 13.9. The van der Waals surface area contributed by atoms with Crippen molar-refractivity contribution in [1.29, 1.82) is 0 Å². The minimum absolute atomic E-state index is 0.398. The van der Waals surface area contributed by atoms with E-state index in [-0.39, 0.29) is 0 Å². The van der Waals surface area contributed by atoms with Crippen molar-refractivity contribution in [1.82, 2.24) is 9.97 Å². The molecule has 0 unspecified atom stereocenters. The van der Waals surface area contributed by atoms with Gasteiger partial charge in [-0.15, -0.1) is 0 Å². The summed E-state index contributed by atoms with van der Waals surface area (Å²) in [4.78, 5) is 22.4. The highest BCUT2D eigenvalue weighted by molar-refractivity contribution is 5.96. The van der Waals surface area contributed by atoms with Gasteiger partial charge in [-0.1, -0.05) is 37.3 Å². The zero-order valence-corrected chi connectivity index (χ0v) is 16.1. The smallest absolute Gasteiger partial charge is 0.411 e. The molecule has 1 heterocycles. The van der Waals surface area contributed by atoms with Crippen LogP contribution in [0, 0.1) is 0 Å². The molecule has 0 saturated carbocycles. The molecule has 1 aromatic heterocycles.